The zero-order chi connectivity index (χ0) is 46.8. The van der Waals surface area contributed by atoms with Gasteiger partial charge in [-0.05, 0) is 26.2 Å². The summed E-state index contributed by atoms with van der Waals surface area (Å²) in [6, 6.07) is 0. The maximum absolute atomic E-state index is 12.7. The van der Waals surface area contributed by atoms with E-state index in [2.05, 4.69) is 40.5 Å². The first-order chi connectivity index (χ1) is 29.6. The highest BCUT2D eigenvalue weighted by Crippen LogP contribution is 2.61. The van der Waals surface area contributed by atoms with Gasteiger partial charge in [-0.1, -0.05) is 75.6 Å². The summed E-state index contributed by atoms with van der Waals surface area (Å²) in [7, 11) is -16.4. The number of imidazole rings is 1. The Morgan fingerprint density at radius 2 is 1.65 bits per heavy atom. The van der Waals surface area contributed by atoms with E-state index in [-0.39, 0.29) is 41.6 Å². The van der Waals surface area contributed by atoms with Crippen LogP contribution in [0.2, 0.25) is 0 Å². The fourth-order valence-electron chi connectivity index (χ4n) is 5.89. The lowest BCUT2D eigenvalue weighted by Gasteiger charge is -2.30. The number of allylic oxidation sites excluding steroid dienone is 4. The molecule has 3 heterocycles. The van der Waals surface area contributed by atoms with Crippen LogP contribution in [0.1, 0.15) is 84.8 Å². The quantitative estimate of drug-likeness (QED) is 0.0321. The van der Waals surface area contributed by atoms with Crippen molar-refractivity contribution >= 4 is 69.1 Å². The number of unbranched alkanes of at least 4 members (excludes halogenated alkanes) is 6. The van der Waals surface area contributed by atoms with Crippen LogP contribution in [0.5, 0.6) is 0 Å². The Kier molecular flexibility index (Phi) is 22.1. The van der Waals surface area contributed by atoms with Crippen molar-refractivity contribution in [2.24, 2.45) is 5.41 Å². The molecule has 2 aromatic heterocycles. The first-order valence-corrected chi connectivity index (χ1v) is 25.4. The van der Waals surface area contributed by atoms with Crippen molar-refractivity contribution in [2.45, 2.75) is 109 Å². The van der Waals surface area contributed by atoms with Gasteiger partial charge in [0.15, 0.2) is 22.8 Å². The van der Waals surface area contributed by atoms with Gasteiger partial charge in [0.25, 0.3) is 0 Å². The van der Waals surface area contributed by atoms with E-state index < -0.39 is 84.6 Å². The number of thioether (sulfide) groups is 1. The summed E-state index contributed by atoms with van der Waals surface area (Å²) in [6.45, 7) is 2.53. The summed E-state index contributed by atoms with van der Waals surface area (Å²) in [5.41, 5.74) is 4.28. The molecule has 28 heteroatoms. The molecule has 2 amide bonds. The Balaban J connectivity index is 1.36. The van der Waals surface area contributed by atoms with E-state index in [9.17, 15) is 57.9 Å². The molecular weight excluding hydrogens is 915 g/mol. The minimum Gasteiger partial charge on any atom is -0.386 e. The number of carbonyl (C=O) groups is 3. The monoisotopic (exact) mass is 973 g/mol. The van der Waals surface area contributed by atoms with Crippen LogP contribution in [-0.4, -0.2) is 123 Å². The second kappa shape index (κ2) is 25.7. The summed E-state index contributed by atoms with van der Waals surface area (Å²) < 4.78 is 62.3. The Labute approximate surface area is 368 Å². The number of anilines is 1. The normalized spacial score (nSPS) is 20.8. The van der Waals surface area contributed by atoms with E-state index in [4.69, 9.17) is 19.5 Å². The van der Waals surface area contributed by atoms with Crippen LogP contribution in [0.3, 0.4) is 0 Å². The number of phosphoric ester groups is 3. The highest BCUT2D eigenvalue weighted by molar-refractivity contribution is 8.13. The van der Waals surface area contributed by atoms with Crippen LogP contribution < -0.4 is 16.4 Å². The number of hydrogen-bond donors (Lipinski definition) is 9. The lowest BCUT2D eigenvalue weighted by atomic mass is 9.87. The number of nitrogens with two attached hydrogens (primary N) is 1. The molecule has 1 aliphatic rings. The third-order valence-corrected chi connectivity index (χ3v) is 13.2. The molecule has 0 aromatic carbocycles. The van der Waals surface area contributed by atoms with Crippen molar-refractivity contribution in [3.05, 3.63) is 37.0 Å². The molecule has 1 aliphatic heterocycles. The zero-order valence-electron chi connectivity index (χ0n) is 35.0. The van der Waals surface area contributed by atoms with Crippen LogP contribution in [0, 0.1) is 5.41 Å². The zero-order valence-corrected chi connectivity index (χ0v) is 38.5. The maximum Gasteiger partial charge on any atom is 0.481 e. The molecule has 356 valence electrons. The number of phosphoric acid groups is 3. The average molecular weight is 974 g/mol. The number of fused-ring (bicyclic) bond motifs is 1. The number of ether oxygens (including phenoxy) is 1. The molecule has 0 aliphatic carbocycles. The Hall–Kier alpha value is -2.96. The minimum atomic E-state index is -5.57. The Bertz CT molecular complexity index is 2020. The van der Waals surface area contributed by atoms with Gasteiger partial charge < -0.3 is 50.9 Å². The van der Waals surface area contributed by atoms with Crippen molar-refractivity contribution in [2.75, 3.05) is 37.8 Å². The molecule has 24 nitrogen and oxygen atoms in total. The highest BCUT2D eigenvalue weighted by atomic mass is 32.2. The van der Waals surface area contributed by atoms with Crippen molar-refractivity contribution in [3.63, 3.8) is 0 Å². The van der Waals surface area contributed by atoms with Gasteiger partial charge in [-0.2, -0.15) is 4.31 Å². The number of nitrogen functional groups attached to an aromatic ring is 1. The van der Waals surface area contributed by atoms with Crippen molar-refractivity contribution < 1.29 is 80.5 Å². The van der Waals surface area contributed by atoms with Crippen LogP contribution in [0.15, 0.2) is 37.0 Å². The summed E-state index contributed by atoms with van der Waals surface area (Å²) in [5, 5.41) is 26.6. The predicted molar refractivity (Wildman–Crippen MR) is 228 cm³/mol. The number of aliphatic hydroxyl groups excluding tert-OH is 2. The molecule has 63 heavy (non-hydrogen) atoms. The van der Waals surface area contributed by atoms with E-state index in [1.54, 1.807) is 0 Å². The fourth-order valence-corrected chi connectivity index (χ4v) is 9.44. The number of carbonyl (C=O) groups excluding carboxylic acids is 3. The average Bonchev–Trinajstić information content (AvgIpc) is 3.76. The molecule has 10 N–H and O–H groups in total. The number of aliphatic hydroxyl groups is 2. The predicted octanol–water partition coefficient (Wildman–Crippen LogP) is 2.92. The molecule has 0 spiro atoms. The molecule has 0 radical (unpaired) electrons. The van der Waals surface area contributed by atoms with E-state index in [0.717, 1.165) is 73.9 Å². The number of aromatic nitrogens is 4. The number of amides is 2. The van der Waals surface area contributed by atoms with Crippen molar-refractivity contribution in [3.8, 4) is 0 Å². The first kappa shape index (κ1) is 54.4. The first-order valence-electron chi connectivity index (χ1n) is 19.9. The lowest BCUT2D eigenvalue weighted by Crippen LogP contribution is -2.46. The van der Waals surface area contributed by atoms with Gasteiger partial charge in [-0.15, -0.1) is 0 Å². The van der Waals surface area contributed by atoms with Gasteiger partial charge >= 0.3 is 23.5 Å². The lowest BCUT2D eigenvalue weighted by molar-refractivity contribution is -0.137. The third kappa shape index (κ3) is 19.2. The van der Waals surface area contributed by atoms with Gasteiger partial charge in [-0.25, -0.2) is 28.6 Å². The SMILES string of the molecule is C/C=C/C=C/CCCCCCCCC(=O)SCCNC(=O)CCNC(=O)[C@H](O)C(C)(C)COP(=O)(O)OP(=O)(O)OC[C@H]1O[C@@H](n2cnc3c(N)ncnc32)[C@H](O)[C@@H]1OP(=O)(O)O. The van der Waals surface area contributed by atoms with Crippen LogP contribution in [0.25, 0.3) is 11.2 Å². The fraction of sp³-hybridized carbons (Fsp3) is 0.657. The van der Waals surface area contributed by atoms with Gasteiger partial charge in [0, 0.05) is 37.1 Å². The smallest absolute Gasteiger partial charge is 0.386 e. The second-order valence-electron chi connectivity index (χ2n) is 14.9. The second-order valence-corrected chi connectivity index (χ2v) is 20.3. The van der Waals surface area contributed by atoms with Gasteiger partial charge in [0.1, 0.15) is 36.3 Å². The van der Waals surface area contributed by atoms with Gasteiger partial charge in [0.05, 0.1) is 19.5 Å². The molecule has 1 saturated heterocycles. The van der Waals surface area contributed by atoms with Crippen molar-refractivity contribution in [1.29, 1.82) is 0 Å². The van der Waals surface area contributed by atoms with E-state index in [1.165, 1.54) is 13.8 Å². The molecule has 1 fully saturated rings. The molecule has 2 unspecified atom stereocenters. The molecule has 0 saturated carbocycles. The summed E-state index contributed by atoms with van der Waals surface area (Å²) in [6.07, 6.45) is 9.16. The number of rotatable bonds is 29. The van der Waals surface area contributed by atoms with E-state index in [1.807, 2.05) is 25.2 Å². The topological polar surface area (TPSA) is 364 Å². The van der Waals surface area contributed by atoms with E-state index >= 15 is 0 Å². The molecule has 3 rings (SSSR count). The largest absolute Gasteiger partial charge is 0.481 e. The maximum atomic E-state index is 12.7. The molecule has 7 atom stereocenters. The number of hydrogen-bond acceptors (Lipinski definition) is 18. The van der Waals surface area contributed by atoms with E-state index in [0.29, 0.717) is 12.2 Å². The Morgan fingerprint density at radius 3 is 2.35 bits per heavy atom. The highest BCUT2D eigenvalue weighted by Gasteiger charge is 2.50. The Morgan fingerprint density at radius 1 is 0.968 bits per heavy atom. The van der Waals surface area contributed by atoms with Gasteiger partial charge in [-0.3, -0.25) is 32.5 Å². The van der Waals surface area contributed by atoms with Crippen LogP contribution in [0.4, 0.5) is 5.82 Å². The number of nitrogens with one attached hydrogen (secondary N) is 2. The van der Waals surface area contributed by atoms with Crippen molar-refractivity contribution in [1.82, 2.24) is 30.2 Å². The summed E-state index contributed by atoms with van der Waals surface area (Å²) >= 11 is 1.14. The molecular formula is C35H58N7O17P3S. The van der Waals surface area contributed by atoms with Crippen LogP contribution in [-0.2, 0) is 50.7 Å². The van der Waals surface area contributed by atoms with Gasteiger partial charge in [0.2, 0.25) is 11.8 Å². The molecule has 0 bridgehead atoms. The van der Waals surface area contributed by atoms with Crippen LogP contribution >= 0.6 is 35.2 Å². The number of nitrogens with zero attached hydrogens (tertiary/aromatic N) is 4. The summed E-state index contributed by atoms with van der Waals surface area (Å²) in [4.78, 5) is 88.1. The standard InChI is InChI=1S/C35H58N7O17P3S/c1-4-5-6-7-8-9-10-11-12-13-14-15-26(44)63-19-18-37-25(43)16-17-38-33(47)30(46)35(2,3)21-56-62(53,54)59-61(51,52)55-20-24-29(58-60(48,49)50)28(45)34(57-24)42-23-41-27-31(36)39-22-40-32(27)42/h4-7,22-24,28-30,34,45-46H,8-21H2,1-3H3,(H,37,43)(H,38,47)(H,51,52)(H,53,54)(H2,36,39,40)(H2,48,49,50)/b5-4+,7-6+/t24-,28-,29-,30+,34-/m1/s1. The third-order valence-electron chi connectivity index (χ3n) is 9.21. The minimum absolute atomic E-state index is 0.0318. The summed E-state index contributed by atoms with van der Waals surface area (Å²) in [5.74, 6) is -1.05. The molecule has 2 aromatic rings.